The second kappa shape index (κ2) is 6.26. The summed E-state index contributed by atoms with van der Waals surface area (Å²) in [6.45, 7) is 2.53. The number of amidine groups is 1. The van der Waals surface area contributed by atoms with E-state index in [1.54, 1.807) is 11.0 Å². The smallest absolute Gasteiger partial charge is 0.254 e. The summed E-state index contributed by atoms with van der Waals surface area (Å²) < 4.78 is 0.903. The van der Waals surface area contributed by atoms with Crippen molar-refractivity contribution >= 4 is 27.7 Å². The summed E-state index contributed by atoms with van der Waals surface area (Å²) in [5, 5.41) is 11.9. The molecule has 1 aromatic carbocycles. The third-order valence-corrected chi connectivity index (χ3v) is 4.58. The first-order valence-electron chi connectivity index (χ1n) is 6.59. The van der Waals surface area contributed by atoms with Crippen LogP contribution in [0, 0.1) is 6.92 Å². The maximum absolute atomic E-state index is 12.7. The number of halogens is 1. The van der Waals surface area contributed by atoms with E-state index >= 15 is 0 Å². The topological polar surface area (TPSA) is 78.9 Å². The van der Waals surface area contributed by atoms with Gasteiger partial charge in [0.2, 0.25) is 0 Å². The lowest BCUT2D eigenvalue weighted by atomic mass is 9.99. The van der Waals surface area contributed by atoms with Crippen molar-refractivity contribution < 1.29 is 10.0 Å². The number of nitrogens with two attached hydrogens (primary N) is 1. The average molecular weight is 340 g/mol. The van der Waals surface area contributed by atoms with Crippen molar-refractivity contribution in [1.82, 2.24) is 4.90 Å². The zero-order valence-corrected chi connectivity index (χ0v) is 12.9. The number of carbonyl (C=O) groups excluding carboxylic acids is 1. The Kier molecular flexibility index (Phi) is 4.65. The van der Waals surface area contributed by atoms with Gasteiger partial charge in [-0.05, 0) is 43.9 Å². The molecule has 0 spiro atoms. The molecule has 1 aromatic rings. The minimum absolute atomic E-state index is 0.0694. The molecule has 1 aliphatic heterocycles. The number of rotatable bonds is 2. The molecule has 1 heterocycles. The van der Waals surface area contributed by atoms with Gasteiger partial charge in [0, 0.05) is 16.6 Å². The molecule has 3 N–H and O–H groups in total. The number of hydrogen-bond acceptors (Lipinski definition) is 3. The van der Waals surface area contributed by atoms with Crippen LogP contribution in [0.5, 0.6) is 0 Å². The quantitative estimate of drug-likeness (QED) is 0.376. The molecular weight excluding hydrogens is 322 g/mol. The van der Waals surface area contributed by atoms with E-state index < -0.39 is 0 Å². The predicted molar refractivity (Wildman–Crippen MR) is 81.0 cm³/mol. The second-order valence-electron chi connectivity index (χ2n) is 4.95. The number of benzene rings is 1. The summed E-state index contributed by atoms with van der Waals surface area (Å²) in [6, 6.07) is 5.23. The van der Waals surface area contributed by atoms with Gasteiger partial charge in [-0.3, -0.25) is 4.79 Å². The van der Waals surface area contributed by atoms with Crippen molar-refractivity contribution in [3.8, 4) is 0 Å². The predicted octanol–water partition coefficient (Wildman–Crippen LogP) is 2.50. The Morgan fingerprint density at radius 3 is 2.95 bits per heavy atom. The number of piperidine rings is 1. The summed E-state index contributed by atoms with van der Waals surface area (Å²) in [5.74, 6) is 0.0331. The molecule has 1 aliphatic rings. The molecule has 1 amide bonds. The number of likely N-dealkylation sites (tertiary alicyclic amines) is 1. The molecule has 6 heteroatoms. The van der Waals surface area contributed by atoms with Crippen LogP contribution < -0.4 is 5.73 Å². The lowest BCUT2D eigenvalue weighted by Gasteiger charge is -2.35. The van der Waals surface area contributed by atoms with Crippen molar-refractivity contribution in [2.75, 3.05) is 6.54 Å². The second-order valence-corrected chi connectivity index (χ2v) is 5.80. The SMILES string of the molecule is Cc1c(Br)cccc1C(=O)N1CCCCC1C(N)=NO. The lowest BCUT2D eigenvalue weighted by molar-refractivity contribution is 0.0676. The van der Waals surface area contributed by atoms with Gasteiger partial charge in [-0.25, -0.2) is 0 Å². The van der Waals surface area contributed by atoms with Gasteiger partial charge in [0.1, 0.15) is 0 Å². The molecular formula is C14H18BrN3O2. The highest BCUT2D eigenvalue weighted by Crippen LogP contribution is 2.24. The van der Waals surface area contributed by atoms with Gasteiger partial charge in [-0.15, -0.1) is 0 Å². The first kappa shape index (κ1) is 14.8. The fourth-order valence-corrected chi connectivity index (χ4v) is 2.91. The van der Waals surface area contributed by atoms with Crippen molar-refractivity contribution in [3.05, 3.63) is 33.8 Å². The fraction of sp³-hybridized carbons (Fsp3) is 0.429. The molecule has 0 saturated carbocycles. The molecule has 0 bridgehead atoms. The molecule has 0 aromatic heterocycles. The zero-order valence-electron chi connectivity index (χ0n) is 11.3. The summed E-state index contributed by atoms with van der Waals surface area (Å²) in [4.78, 5) is 14.4. The van der Waals surface area contributed by atoms with E-state index in [1.165, 1.54) is 0 Å². The maximum Gasteiger partial charge on any atom is 0.254 e. The molecule has 5 nitrogen and oxygen atoms in total. The molecule has 1 fully saturated rings. The molecule has 20 heavy (non-hydrogen) atoms. The van der Waals surface area contributed by atoms with E-state index in [4.69, 9.17) is 10.9 Å². The van der Waals surface area contributed by atoms with Crippen LogP contribution in [0.25, 0.3) is 0 Å². The number of hydrogen-bond donors (Lipinski definition) is 2. The Balaban J connectivity index is 2.32. The third-order valence-electron chi connectivity index (χ3n) is 3.72. The Bertz CT molecular complexity index is 545. The van der Waals surface area contributed by atoms with Gasteiger partial charge < -0.3 is 15.8 Å². The van der Waals surface area contributed by atoms with E-state index in [0.29, 0.717) is 12.1 Å². The first-order chi connectivity index (χ1) is 9.56. The number of carbonyl (C=O) groups is 1. The highest BCUT2D eigenvalue weighted by Gasteiger charge is 2.31. The monoisotopic (exact) mass is 339 g/mol. The molecule has 1 atom stereocenters. The Morgan fingerprint density at radius 1 is 1.50 bits per heavy atom. The van der Waals surface area contributed by atoms with Gasteiger partial charge in [0.25, 0.3) is 5.91 Å². The summed E-state index contributed by atoms with van der Waals surface area (Å²) >= 11 is 3.44. The van der Waals surface area contributed by atoms with E-state index in [1.807, 2.05) is 19.1 Å². The lowest BCUT2D eigenvalue weighted by Crippen LogP contribution is -2.50. The Hall–Kier alpha value is -1.56. The van der Waals surface area contributed by atoms with E-state index in [-0.39, 0.29) is 17.8 Å². The minimum atomic E-state index is -0.320. The van der Waals surface area contributed by atoms with Gasteiger partial charge >= 0.3 is 0 Å². The van der Waals surface area contributed by atoms with Crippen LogP contribution in [0.4, 0.5) is 0 Å². The molecule has 108 valence electrons. The highest BCUT2D eigenvalue weighted by molar-refractivity contribution is 9.10. The zero-order chi connectivity index (χ0) is 14.7. The molecule has 0 aliphatic carbocycles. The van der Waals surface area contributed by atoms with Gasteiger partial charge in [-0.2, -0.15) is 0 Å². The molecule has 2 rings (SSSR count). The minimum Gasteiger partial charge on any atom is -0.409 e. The average Bonchev–Trinajstić information content (AvgIpc) is 2.48. The molecule has 0 radical (unpaired) electrons. The largest absolute Gasteiger partial charge is 0.409 e. The molecule has 1 unspecified atom stereocenters. The highest BCUT2D eigenvalue weighted by atomic mass is 79.9. The van der Waals surface area contributed by atoms with E-state index in [0.717, 1.165) is 29.3 Å². The van der Waals surface area contributed by atoms with Crippen LogP contribution >= 0.6 is 15.9 Å². The van der Waals surface area contributed by atoms with Gasteiger partial charge in [0.15, 0.2) is 5.84 Å². The standard InChI is InChI=1S/C14H18BrN3O2/c1-9-10(5-4-6-11(9)15)14(19)18-8-3-2-7-12(18)13(16)17-20/h4-6,12,20H,2-3,7-8H2,1H3,(H2,16,17). The van der Waals surface area contributed by atoms with Crippen LogP contribution in [-0.2, 0) is 0 Å². The normalized spacial score (nSPS) is 20.0. The number of amides is 1. The fourth-order valence-electron chi connectivity index (χ4n) is 2.54. The third kappa shape index (κ3) is 2.80. The Morgan fingerprint density at radius 2 is 2.25 bits per heavy atom. The Labute approximate surface area is 126 Å². The summed E-state index contributed by atoms with van der Waals surface area (Å²) in [5.41, 5.74) is 7.27. The van der Waals surface area contributed by atoms with Crippen molar-refractivity contribution in [3.63, 3.8) is 0 Å². The number of oxime groups is 1. The van der Waals surface area contributed by atoms with Crippen LogP contribution in [0.15, 0.2) is 27.8 Å². The van der Waals surface area contributed by atoms with Crippen molar-refractivity contribution in [1.29, 1.82) is 0 Å². The van der Waals surface area contributed by atoms with Gasteiger partial charge in [0.05, 0.1) is 6.04 Å². The van der Waals surface area contributed by atoms with E-state index in [9.17, 15) is 4.79 Å². The first-order valence-corrected chi connectivity index (χ1v) is 7.39. The van der Waals surface area contributed by atoms with Crippen LogP contribution in [0.2, 0.25) is 0 Å². The molecule has 1 saturated heterocycles. The van der Waals surface area contributed by atoms with E-state index in [2.05, 4.69) is 21.1 Å². The number of nitrogens with zero attached hydrogens (tertiary/aromatic N) is 2. The van der Waals surface area contributed by atoms with Gasteiger partial charge in [-0.1, -0.05) is 27.2 Å². The summed E-state index contributed by atoms with van der Waals surface area (Å²) in [6.07, 6.45) is 2.64. The summed E-state index contributed by atoms with van der Waals surface area (Å²) in [7, 11) is 0. The van der Waals surface area contributed by atoms with Crippen LogP contribution in [0.3, 0.4) is 0 Å². The maximum atomic E-state index is 12.7. The van der Waals surface area contributed by atoms with Crippen molar-refractivity contribution in [2.45, 2.75) is 32.2 Å². The van der Waals surface area contributed by atoms with Crippen LogP contribution in [-0.4, -0.2) is 34.4 Å². The van der Waals surface area contributed by atoms with Crippen molar-refractivity contribution in [2.24, 2.45) is 10.9 Å². The van der Waals surface area contributed by atoms with Crippen LogP contribution in [0.1, 0.15) is 35.2 Å².